The van der Waals surface area contributed by atoms with Crippen molar-refractivity contribution in [2.45, 2.75) is 32.2 Å². The van der Waals surface area contributed by atoms with Crippen molar-refractivity contribution in [1.29, 1.82) is 0 Å². The van der Waals surface area contributed by atoms with E-state index >= 15 is 0 Å². The van der Waals surface area contributed by atoms with Gasteiger partial charge >= 0.3 is 0 Å². The highest BCUT2D eigenvalue weighted by molar-refractivity contribution is 6.31. The Morgan fingerprint density at radius 2 is 1.80 bits per heavy atom. The van der Waals surface area contributed by atoms with Gasteiger partial charge in [0.15, 0.2) is 5.78 Å². The van der Waals surface area contributed by atoms with Gasteiger partial charge in [-0.1, -0.05) is 61.8 Å². The number of ketones is 1. The van der Waals surface area contributed by atoms with Gasteiger partial charge in [0, 0.05) is 46.6 Å². The van der Waals surface area contributed by atoms with Crippen LogP contribution in [0.2, 0.25) is 5.02 Å². The molecule has 3 aromatic carbocycles. The van der Waals surface area contributed by atoms with Crippen molar-refractivity contribution < 1.29 is 4.79 Å². The van der Waals surface area contributed by atoms with Crippen LogP contribution in [0.4, 0.5) is 11.4 Å². The fraction of sp³-hybridized carbons (Fsp3) is 0.231. The van der Waals surface area contributed by atoms with E-state index in [0.29, 0.717) is 27.9 Å². The van der Waals surface area contributed by atoms with Gasteiger partial charge in [-0.2, -0.15) is 0 Å². The molecule has 3 aromatic rings. The maximum absolute atomic E-state index is 13.0. The third-order valence-corrected chi connectivity index (χ3v) is 6.55. The summed E-state index contributed by atoms with van der Waals surface area (Å²) in [6.45, 7) is 6.80. The average Bonchev–Trinajstić information content (AvgIpc) is 2.93. The molecule has 0 amide bonds. The number of carbonyl (C=O) groups excluding carboxylic acids is 1. The lowest BCUT2D eigenvalue weighted by atomic mass is 9.81. The Morgan fingerprint density at radius 3 is 2.53 bits per heavy atom. The Hall–Kier alpha value is -2.91. The fourth-order valence-corrected chi connectivity index (χ4v) is 4.24. The lowest BCUT2D eigenvalue weighted by Gasteiger charge is -2.28. The molecule has 0 N–H and O–H groups in total. The highest BCUT2D eigenvalue weighted by atomic mass is 35.5. The van der Waals surface area contributed by atoms with Crippen LogP contribution in [-0.2, 0) is 5.41 Å². The van der Waals surface area contributed by atoms with Gasteiger partial charge in [0.2, 0.25) is 0 Å². The SMILES string of the molecule is C[C@H]1N(C)c2ccc(C=Nc3ccc(Cl)cc3C(=O)c3ccccc3)cc2C1(C)C. The second-order valence-corrected chi connectivity index (χ2v) is 8.84. The number of aliphatic imine (C=N–C) groups is 1. The largest absolute Gasteiger partial charge is 0.371 e. The van der Waals surface area contributed by atoms with Crippen molar-refractivity contribution in [3.63, 3.8) is 0 Å². The molecule has 0 unspecified atom stereocenters. The number of anilines is 1. The first-order chi connectivity index (χ1) is 14.3. The number of halogens is 1. The van der Waals surface area contributed by atoms with Crippen molar-refractivity contribution >= 4 is 35.0 Å². The van der Waals surface area contributed by atoms with Crippen LogP contribution in [0.5, 0.6) is 0 Å². The summed E-state index contributed by atoms with van der Waals surface area (Å²) in [7, 11) is 2.14. The van der Waals surface area contributed by atoms with Crippen LogP contribution in [0.1, 0.15) is 47.8 Å². The molecule has 3 nitrogen and oxygen atoms in total. The number of rotatable bonds is 4. The number of likely N-dealkylation sites (N-methyl/N-ethyl adjacent to an activating group) is 1. The van der Waals surface area contributed by atoms with Gasteiger partial charge < -0.3 is 4.90 Å². The molecule has 4 heteroatoms. The van der Waals surface area contributed by atoms with Crippen molar-refractivity contribution in [3.8, 4) is 0 Å². The summed E-state index contributed by atoms with van der Waals surface area (Å²) in [5, 5.41) is 0.518. The lowest BCUT2D eigenvalue weighted by Crippen LogP contribution is -2.36. The lowest BCUT2D eigenvalue weighted by molar-refractivity contribution is 0.103. The second kappa shape index (κ2) is 7.73. The summed E-state index contributed by atoms with van der Waals surface area (Å²) in [4.78, 5) is 20.0. The van der Waals surface area contributed by atoms with E-state index < -0.39 is 0 Å². The molecule has 1 heterocycles. The van der Waals surface area contributed by atoms with Crippen molar-refractivity contribution in [2.24, 2.45) is 4.99 Å². The van der Waals surface area contributed by atoms with Crippen LogP contribution in [0, 0.1) is 0 Å². The van der Waals surface area contributed by atoms with Gasteiger partial charge in [0.05, 0.1) is 5.69 Å². The number of hydrogen-bond acceptors (Lipinski definition) is 3. The molecule has 30 heavy (non-hydrogen) atoms. The number of fused-ring (bicyclic) bond motifs is 1. The number of carbonyl (C=O) groups is 1. The fourth-order valence-electron chi connectivity index (χ4n) is 4.07. The standard InChI is InChI=1S/C26H25ClN2O/c1-17-26(2,3)22-14-18(10-13-24(22)29(17)4)16-28-23-12-11-20(27)15-21(23)25(30)19-8-6-5-7-9-19/h5-17H,1-4H3/t17-/m1/s1. The molecule has 1 aliphatic rings. The van der Waals surface area contributed by atoms with Crippen molar-refractivity contribution in [1.82, 2.24) is 0 Å². The molecule has 0 saturated heterocycles. The van der Waals surface area contributed by atoms with E-state index in [4.69, 9.17) is 11.6 Å². The van der Waals surface area contributed by atoms with E-state index in [1.54, 1.807) is 30.3 Å². The summed E-state index contributed by atoms with van der Waals surface area (Å²) in [5.41, 5.74) is 5.38. The summed E-state index contributed by atoms with van der Waals surface area (Å²) in [6, 6.07) is 21.3. The van der Waals surface area contributed by atoms with Crippen LogP contribution >= 0.6 is 11.6 Å². The molecule has 1 aliphatic heterocycles. The number of nitrogens with zero attached hydrogens (tertiary/aromatic N) is 2. The Balaban J connectivity index is 1.70. The smallest absolute Gasteiger partial charge is 0.195 e. The first-order valence-electron chi connectivity index (χ1n) is 10.1. The molecule has 1 atom stereocenters. The van der Waals surface area contributed by atoms with Crippen LogP contribution in [0.3, 0.4) is 0 Å². The third kappa shape index (κ3) is 3.54. The Labute approximate surface area is 183 Å². The summed E-state index contributed by atoms with van der Waals surface area (Å²) in [6.07, 6.45) is 1.82. The predicted octanol–water partition coefficient (Wildman–Crippen LogP) is 6.44. The zero-order chi connectivity index (χ0) is 21.5. The molecular formula is C26H25ClN2O. The molecule has 0 aromatic heterocycles. The minimum atomic E-state index is -0.0872. The minimum Gasteiger partial charge on any atom is -0.371 e. The number of hydrogen-bond donors (Lipinski definition) is 0. The molecule has 0 aliphatic carbocycles. The maximum atomic E-state index is 13.0. The van der Waals surface area contributed by atoms with Crippen LogP contribution in [0.25, 0.3) is 0 Å². The second-order valence-electron chi connectivity index (χ2n) is 8.40. The topological polar surface area (TPSA) is 32.7 Å². The van der Waals surface area contributed by atoms with E-state index in [-0.39, 0.29) is 11.2 Å². The number of benzene rings is 3. The molecule has 0 saturated carbocycles. The van der Waals surface area contributed by atoms with Gasteiger partial charge in [0.1, 0.15) is 0 Å². The summed E-state index contributed by atoms with van der Waals surface area (Å²) in [5.74, 6) is -0.0872. The molecule has 152 valence electrons. The van der Waals surface area contributed by atoms with Gasteiger partial charge in [-0.3, -0.25) is 9.79 Å². The monoisotopic (exact) mass is 416 g/mol. The van der Waals surface area contributed by atoms with E-state index in [1.165, 1.54) is 11.3 Å². The molecule has 4 rings (SSSR count). The van der Waals surface area contributed by atoms with E-state index in [1.807, 2.05) is 24.4 Å². The van der Waals surface area contributed by atoms with Gasteiger partial charge in [-0.05, 0) is 48.4 Å². The Kier molecular flexibility index (Phi) is 5.25. The van der Waals surface area contributed by atoms with Crippen molar-refractivity contribution in [3.05, 3.63) is 94.0 Å². The zero-order valence-electron chi connectivity index (χ0n) is 17.7. The molecule has 0 radical (unpaired) electrons. The van der Waals surface area contributed by atoms with Gasteiger partial charge in [-0.25, -0.2) is 0 Å². The minimum absolute atomic E-state index is 0.0582. The average molecular weight is 417 g/mol. The first-order valence-corrected chi connectivity index (χ1v) is 10.5. The zero-order valence-corrected chi connectivity index (χ0v) is 18.4. The maximum Gasteiger partial charge on any atom is 0.195 e. The van der Waals surface area contributed by atoms with Gasteiger partial charge in [-0.15, -0.1) is 0 Å². The Bertz CT molecular complexity index is 1140. The van der Waals surface area contributed by atoms with E-state index in [0.717, 1.165) is 5.56 Å². The van der Waals surface area contributed by atoms with Crippen LogP contribution in [-0.4, -0.2) is 25.1 Å². The quantitative estimate of drug-likeness (QED) is 0.362. The van der Waals surface area contributed by atoms with Gasteiger partial charge in [0.25, 0.3) is 0 Å². The van der Waals surface area contributed by atoms with E-state index in [9.17, 15) is 4.79 Å². The molecule has 0 fully saturated rings. The summed E-state index contributed by atoms with van der Waals surface area (Å²) < 4.78 is 0. The first kappa shape index (κ1) is 20.4. The third-order valence-electron chi connectivity index (χ3n) is 6.31. The highest BCUT2D eigenvalue weighted by Crippen LogP contribution is 2.44. The molecule has 0 bridgehead atoms. The highest BCUT2D eigenvalue weighted by Gasteiger charge is 2.40. The molecule has 0 spiro atoms. The normalized spacial score (nSPS) is 17.4. The van der Waals surface area contributed by atoms with Crippen molar-refractivity contribution in [2.75, 3.05) is 11.9 Å². The predicted molar refractivity (Wildman–Crippen MR) is 126 cm³/mol. The Morgan fingerprint density at radius 1 is 1.07 bits per heavy atom. The van der Waals surface area contributed by atoms with Crippen LogP contribution < -0.4 is 4.90 Å². The molecular weight excluding hydrogens is 392 g/mol. The van der Waals surface area contributed by atoms with E-state index in [2.05, 4.69) is 55.9 Å². The summed E-state index contributed by atoms with van der Waals surface area (Å²) >= 11 is 6.18. The van der Waals surface area contributed by atoms with Crippen LogP contribution in [0.15, 0.2) is 71.7 Å².